The smallest absolute Gasteiger partial charge is 0.191 e. The van der Waals surface area contributed by atoms with Gasteiger partial charge in [-0.1, -0.05) is 37.3 Å². The quantitative estimate of drug-likeness (QED) is 0.253. The second-order valence-corrected chi connectivity index (χ2v) is 8.56. The van der Waals surface area contributed by atoms with Crippen molar-refractivity contribution in [1.82, 2.24) is 20.4 Å². The van der Waals surface area contributed by atoms with E-state index >= 15 is 0 Å². The van der Waals surface area contributed by atoms with Gasteiger partial charge in [-0.15, -0.1) is 24.0 Å². The summed E-state index contributed by atoms with van der Waals surface area (Å²) >= 11 is 0. The molecule has 2 aliphatic heterocycles. The van der Waals surface area contributed by atoms with Gasteiger partial charge in [-0.25, -0.2) is 0 Å². The van der Waals surface area contributed by atoms with E-state index in [1.807, 2.05) is 7.05 Å². The zero-order chi connectivity index (χ0) is 19.6. The van der Waals surface area contributed by atoms with E-state index in [0.717, 1.165) is 38.1 Å². The minimum absolute atomic E-state index is 0. The first-order valence-electron chi connectivity index (χ1n) is 11.2. The largest absolute Gasteiger partial charge is 0.356 e. The molecule has 6 heteroatoms. The Bertz CT molecular complexity index is 578. The van der Waals surface area contributed by atoms with Gasteiger partial charge in [-0.05, 0) is 63.2 Å². The van der Waals surface area contributed by atoms with Gasteiger partial charge in [0.25, 0.3) is 0 Å². The van der Waals surface area contributed by atoms with Crippen LogP contribution in [0.25, 0.3) is 0 Å². The van der Waals surface area contributed by atoms with Crippen molar-refractivity contribution in [2.75, 3.05) is 46.3 Å². The summed E-state index contributed by atoms with van der Waals surface area (Å²) in [4.78, 5) is 9.60. The standard InChI is InChI=1S/C23H39N5.HI/c1-20-9-15-27(16-10-20)14-6-13-25-23(24-2)26-22-11-17-28(18-12-22)19-21-7-4-3-5-8-21;/h3-5,7-8,20,22H,6,9-19H2,1-2H3,(H2,24,25,26);1H. The van der Waals surface area contributed by atoms with Gasteiger partial charge < -0.3 is 15.5 Å². The van der Waals surface area contributed by atoms with E-state index in [1.165, 1.54) is 57.3 Å². The summed E-state index contributed by atoms with van der Waals surface area (Å²) in [5, 5.41) is 7.15. The van der Waals surface area contributed by atoms with Crippen LogP contribution in [0.1, 0.15) is 44.6 Å². The topological polar surface area (TPSA) is 42.9 Å². The number of hydrogen-bond acceptors (Lipinski definition) is 3. The molecule has 0 amide bonds. The number of aliphatic imine (C=N–C) groups is 1. The Morgan fingerprint density at radius 1 is 1.00 bits per heavy atom. The normalized spacial score (nSPS) is 20.3. The fourth-order valence-corrected chi connectivity index (χ4v) is 4.26. The second-order valence-electron chi connectivity index (χ2n) is 8.56. The first-order valence-corrected chi connectivity index (χ1v) is 11.2. The van der Waals surface area contributed by atoms with Crippen molar-refractivity contribution in [2.45, 2.75) is 51.6 Å². The van der Waals surface area contributed by atoms with Gasteiger partial charge in [0.15, 0.2) is 5.96 Å². The first kappa shape index (κ1) is 24.4. The molecule has 0 spiro atoms. The molecule has 0 unspecified atom stereocenters. The molecule has 0 aromatic heterocycles. The van der Waals surface area contributed by atoms with Crippen molar-refractivity contribution in [3.8, 4) is 0 Å². The van der Waals surface area contributed by atoms with E-state index in [1.54, 1.807) is 0 Å². The van der Waals surface area contributed by atoms with E-state index in [2.05, 4.69) is 62.7 Å². The Labute approximate surface area is 194 Å². The number of guanidine groups is 1. The lowest BCUT2D eigenvalue weighted by atomic mass is 9.99. The van der Waals surface area contributed by atoms with Crippen LogP contribution in [0.3, 0.4) is 0 Å². The third-order valence-corrected chi connectivity index (χ3v) is 6.22. The van der Waals surface area contributed by atoms with E-state index in [0.29, 0.717) is 6.04 Å². The minimum atomic E-state index is 0. The van der Waals surface area contributed by atoms with E-state index in [-0.39, 0.29) is 24.0 Å². The molecule has 2 heterocycles. The van der Waals surface area contributed by atoms with E-state index in [4.69, 9.17) is 0 Å². The van der Waals surface area contributed by atoms with Crippen molar-refractivity contribution >= 4 is 29.9 Å². The highest BCUT2D eigenvalue weighted by Gasteiger charge is 2.20. The van der Waals surface area contributed by atoms with Crippen molar-refractivity contribution in [1.29, 1.82) is 0 Å². The van der Waals surface area contributed by atoms with Gasteiger partial charge in [-0.2, -0.15) is 0 Å². The predicted octanol–water partition coefficient (Wildman–Crippen LogP) is 3.56. The molecule has 5 nitrogen and oxygen atoms in total. The monoisotopic (exact) mass is 513 g/mol. The van der Waals surface area contributed by atoms with Gasteiger partial charge in [0.1, 0.15) is 0 Å². The highest BCUT2D eigenvalue weighted by atomic mass is 127. The molecule has 0 radical (unpaired) electrons. The van der Waals surface area contributed by atoms with Crippen molar-refractivity contribution < 1.29 is 0 Å². The molecule has 2 fully saturated rings. The van der Waals surface area contributed by atoms with Crippen LogP contribution in [0, 0.1) is 5.92 Å². The molecule has 1 aromatic carbocycles. The molecule has 2 aliphatic rings. The number of benzene rings is 1. The lowest BCUT2D eigenvalue weighted by molar-refractivity contribution is 0.190. The Morgan fingerprint density at radius 2 is 1.66 bits per heavy atom. The second kappa shape index (κ2) is 13.4. The average molecular weight is 514 g/mol. The number of piperidine rings is 2. The number of nitrogens with one attached hydrogen (secondary N) is 2. The van der Waals surface area contributed by atoms with Crippen molar-refractivity contribution in [3.05, 3.63) is 35.9 Å². The molecule has 0 saturated carbocycles. The lowest BCUT2D eigenvalue weighted by Gasteiger charge is -2.33. The summed E-state index contributed by atoms with van der Waals surface area (Å²) in [6.45, 7) is 10.5. The van der Waals surface area contributed by atoms with Gasteiger partial charge in [0.05, 0.1) is 0 Å². The number of rotatable bonds is 7. The molecular formula is C23H40IN5. The highest BCUT2D eigenvalue weighted by Crippen LogP contribution is 2.16. The number of hydrogen-bond donors (Lipinski definition) is 2. The third kappa shape index (κ3) is 8.80. The maximum Gasteiger partial charge on any atom is 0.191 e. The van der Waals surface area contributed by atoms with Crippen LogP contribution in [-0.2, 0) is 6.54 Å². The van der Waals surface area contributed by atoms with Crippen molar-refractivity contribution in [3.63, 3.8) is 0 Å². The summed E-state index contributed by atoms with van der Waals surface area (Å²) in [5.74, 6) is 1.88. The molecule has 0 atom stereocenters. The molecule has 0 aliphatic carbocycles. The van der Waals surface area contributed by atoms with Crippen molar-refractivity contribution in [2.24, 2.45) is 10.9 Å². The average Bonchev–Trinajstić information content (AvgIpc) is 2.73. The Kier molecular flexibility index (Phi) is 11.3. The fraction of sp³-hybridized carbons (Fsp3) is 0.696. The maximum absolute atomic E-state index is 4.43. The van der Waals surface area contributed by atoms with Crippen LogP contribution in [0.15, 0.2) is 35.3 Å². The van der Waals surface area contributed by atoms with Crippen LogP contribution in [0.4, 0.5) is 0 Å². The molecular weight excluding hydrogens is 473 g/mol. The zero-order valence-corrected chi connectivity index (χ0v) is 20.6. The summed E-state index contributed by atoms with van der Waals surface area (Å²) in [6.07, 6.45) is 6.27. The molecule has 164 valence electrons. The van der Waals surface area contributed by atoms with E-state index in [9.17, 15) is 0 Å². The molecule has 3 rings (SSSR count). The Balaban J connectivity index is 0.00000300. The van der Waals surface area contributed by atoms with Crippen LogP contribution in [-0.4, -0.2) is 68.1 Å². The van der Waals surface area contributed by atoms with Crippen LogP contribution in [0.2, 0.25) is 0 Å². The lowest BCUT2D eigenvalue weighted by Crippen LogP contribution is -2.48. The Morgan fingerprint density at radius 3 is 2.31 bits per heavy atom. The minimum Gasteiger partial charge on any atom is -0.356 e. The molecule has 0 bridgehead atoms. The van der Waals surface area contributed by atoms with Crippen LogP contribution < -0.4 is 10.6 Å². The van der Waals surface area contributed by atoms with Gasteiger partial charge in [0.2, 0.25) is 0 Å². The SMILES string of the molecule is CN=C(NCCCN1CCC(C)CC1)NC1CCN(Cc2ccccc2)CC1.I. The zero-order valence-electron chi connectivity index (χ0n) is 18.3. The molecule has 2 N–H and O–H groups in total. The van der Waals surface area contributed by atoms with E-state index < -0.39 is 0 Å². The molecule has 29 heavy (non-hydrogen) atoms. The number of halogens is 1. The fourth-order valence-electron chi connectivity index (χ4n) is 4.26. The van der Waals surface area contributed by atoms with Crippen LogP contribution in [0.5, 0.6) is 0 Å². The predicted molar refractivity (Wildman–Crippen MR) is 134 cm³/mol. The van der Waals surface area contributed by atoms with Crippen LogP contribution >= 0.6 is 24.0 Å². The summed E-state index contributed by atoms with van der Waals surface area (Å²) in [7, 11) is 1.88. The summed E-state index contributed by atoms with van der Waals surface area (Å²) < 4.78 is 0. The number of likely N-dealkylation sites (tertiary alicyclic amines) is 2. The highest BCUT2D eigenvalue weighted by molar-refractivity contribution is 14.0. The summed E-state index contributed by atoms with van der Waals surface area (Å²) in [6, 6.07) is 11.3. The molecule has 2 saturated heterocycles. The van der Waals surface area contributed by atoms with Gasteiger partial charge >= 0.3 is 0 Å². The molecule has 1 aromatic rings. The number of nitrogens with zero attached hydrogens (tertiary/aromatic N) is 3. The third-order valence-electron chi connectivity index (χ3n) is 6.22. The Hall–Kier alpha value is -0.860. The summed E-state index contributed by atoms with van der Waals surface area (Å²) in [5.41, 5.74) is 1.41. The van der Waals surface area contributed by atoms with Gasteiger partial charge in [-0.3, -0.25) is 9.89 Å². The maximum atomic E-state index is 4.43. The first-order chi connectivity index (χ1) is 13.7. The van der Waals surface area contributed by atoms with Gasteiger partial charge in [0, 0.05) is 39.3 Å².